The minimum atomic E-state index is -0.144. The molecule has 2 N–H and O–H groups in total. The summed E-state index contributed by atoms with van der Waals surface area (Å²) in [5.41, 5.74) is 5.89. The summed E-state index contributed by atoms with van der Waals surface area (Å²) in [4.78, 5) is 2.43. The van der Waals surface area contributed by atoms with E-state index in [4.69, 9.17) is 15.2 Å². The third-order valence-corrected chi connectivity index (χ3v) is 3.99. The van der Waals surface area contributed by atoms with Crippen molar-refractivity contribution in [3.63, 3.8) is 0 Å². The topological polar surface area (TPSA) is 47.7 Å². The van der Waals surface area contributed by atoms with Crippen LogP contribution >= 0.6 is 0 Å². The molecule has 0 saturated heterocycles. The molecule has 4 heteroatoms. The fourth-order valence-corrected chi connectivity index (χ4v) is 2.73. The van der Waals surface area contributed by atoms with E-state index >= 15 is 0 Å². The maximum absolute atomic E-state index is 5.89. The van der Waals surface area contributed by atoms with Crippen molar-refractivity contribution in [1.29, 1.82) is 0 Å². The first-order valence-electron chi connectivity index (χ1n) is 6.70. The number of rotatable bonds is 7. The highest BCUT2D eigenvalue weighted by molar-refractivity contribution is 4.80. The molecular weight excluding hydrogens is 216 g/mol. The van der Waals surface area contributed by atoms with E-state index < -0.39 is 0 Å². The number of nitrogens with two attached hydrogens (primary N) is 1. The lowest BCUT2D eigenvalue weighted by Crippen LogP contribution is -2.47. The molecule has 0 aromatic rings. The Bertz CT molecular complexity index is 192. The van der Waals surface area contributed by atoms with Crippen LogP contribution in [0.3, 0.4) is 0 Å². The summed E-state index contributed by atoms with van der Waals surface area (Å²) >= 11 is 0. The van der Waals surface area contributed by atoms with Gasteiger partial charge in [-0.2, -0.15) is 0 Å². The maximum Gasteiger partial charge on any atom is 0.158 e. The van der Waals surface area contributed by atoms with Gasteiger partial charge in [-0.3, -0.25) is 4.90 Å². The molecule has 102 valence electrons. The van der Waals surface area contributed by atoms with Crippen LogP contribution in [0, 0.1) is 0 Å². The smallest absolute Gasteiger partial charge is 0.158 e. The second-order valence-corrected chi connectivity index (χ2v) is 4.98. The van der Waals surface area contributed by atoms with E-state index in [2.05, 4.69) is 11.9 Å². The van der Waals surface area contributed by atoms with Crippen molar-refractivity contribution >= 4 is 0 Å². The molecule has 1 atom stereocenters. The van der Waals surface area contributed by atoms with E-state index in [1.807, 2.05) is 0 Å². The fraction of sp³-hybridized carbons (Fsp3) is 1.00. The highest BCUT2D eigenvalue weighted by Crippen LogP contribution is 2.24. The first kappa shape index (κ1) is 14.9. The Kier molecular flexibility index (Phi) is 7.04. The molecule has 0 heterocycles. The van der Waals surface area contributed by atoms with Gasteiger partial charge in [-0.25, -0.2) is 0 Å². The molecule has 4 nitrogen and oxygen atoms in total. The molecule has 1 unspecified atom stereocenters. The van der Waals surface area contributed by atoms with E-state index in [9.17, 15) is 0 Å². The lowest BCUT2D eigenvalue weighted by Gasteiger charge is -2.37. The average Bonchev–Trinajstić information content (AvgIpc) is 2.40. The maximum atomic E-state index is 5.89. The van der Waals surface area contributed by atoms with Gasteiger partial charge in [0.05, 0.1) is 0 Å². The van der Waals surface area contributed by atoms with Crippen molar-refractivity contribution in [3.05, 3.63) is 0 Å². The van der Waals surface area contributed by atoms with Crippen molar-refractivity contribution in [1.82, 2.24) is 4.90 Å². The van der Waals surface area contributed by atoms with Crippen LogP contribution in [0.2, 0.25) is 0 Å². The molecule has 0 aliphatic heterocycles. The summed E-state index contributed by atoms with van der Waals surface area (Å²) in [6, 6.07) is 1.04. The zero-order valence-electron chi connectivity index (χ0n) is 11.5. The molecule has 17 heavy (non-hydrogen) atoms. The Hall–Kier alpha value is -0.160. The van der Waals surface area contributed by atoms with E-state index in [1.54, 1.807) is 14.2 Å². The van der Waals surface area contributed by atoms with Crippen LogP contribution < -0.4 is 5.73 Å². The third kappa shape index (κ3) is 4.54. The molecule has 1 aliphatic rings. The van der Waals surface area contributed by atoms with Gasteiger partial charge in [0.1, 0.15) is 0 Å². The van der Waals surface area contributed by atoms with E-state index in [1.165, 1.54) is 32.1 Å². The standard InChI is InChI=1S/C13H28N2O2/c1-15(11-7-5-4-6-8-11)12(10-14)9-13(16-2)17-3/h11-13H,4-10,14H2,1-3H3. The van der Waals surface area contributed by atoms with Crippen LogP contribution in [0.5, 0.6) is 0 Å². The summed E-state index contributed by atoms with van der Waals surface area (Å²) in [5, 5.41) is 0. The molecule has 0 aromatic carbocycles. The molecule has 0 amide bonds. The van der Waals surface area contributed by atoms with Crippen molar-refractivity contribution in [2.75, 3.05) is 27.8 Å². The van der Waals surface area contributed by atoms with Crippen molar-refractivity contribution in [2.24, 2.45) is 5.73 Å². The van der Waals surface area contributed by atoms with Crippen LogP contribution in [0.15, 0.2) is 0 Å². The average molecular weight is 244 g/mol. The number of nitrogens with zero attached hydrogens (tertiary/aromatic N) is 1. The molecule has 0 bridgehead atoms. The quantitative estimate of drug-likeness (QED) is 0.691. The van der Waals surface area contributed by atoms with Gasteiger partial charge in [0.25, 0.3) is 0 Å². The van der Waals surface area contributed by atoms with Gasteiger partial charge in [0.15, 0.2) is 6.29 Å². The zero-order chi connectivity index (χ0) is 12.7. The molecule has 0 spiro atoms. The number of hydrogen-bond acceptors (Lipinski definition) is 4. The van der Waals surface area contributed by atoms with Crippen LogP contribution in [0.4, 0.5) is 0 Å². The van der Waals surface area contributed by atoms with Crippen LogP contribution in [0.1, 0.15) is 38.5 Å². The number of ether oxygens (including phenoxy) is 2. The van der Waals surface area contributed by atoms with Gasteiger partial charge < -0.3 is 15.2 Å². The minimum Gasteiger partial charge on any atom is -0.356 e. The van der Waals surface area contributed by atoms with E-state index in [-0.39, 0.29) is 6.29 Å². The Balaban J connectivity index is 2.46. The Morgan fingerprint density at radius 1 is 1.18 bits per heavy atom. The van der Waals surface area contributed by atoms with Crippen LogP contribution in [-0.2, 0) is 9.47 Å². The summed E-state index contributed by atoms with van der Waals surface area (Å²) < 4.78 is 10.5. The molecule has 1 fully saturated rings. The van der Waals surface area contributed by atoms with Crippen LogP contribution in [-0.4, -0.2) is 51.1 Å². The van der Waals surface area contributed by atoms with Crippen molar-refractivity contribution in [2.45, 2.75) is 56.9 Å². The predicted molar refractivity (Wildman–Crippen MR) is 69.9 cm³/mol. The van der Waals surface area contributed by atoms with Gasteiger partial charge in [-0.15, -0.1) is 0 Å². The molecule has 0 radical (unpaired) electrons. The van der Waals surface area contributed by atoms with Crippen molar-refractivity contribution < 1.29 is 9.47 Å². The highest BCUT2D eigenvalue weighted by Gasteiger charge is 2.25. The lowest BCUT2D eigenvalue weighted by molar-refractivity contribution is -0.117. The monoisotopic (exact) mass is 244 g/mol. The summed E-state index contributed by atoms with van der Waals surface area (Å²) in [6.07, 6.45) is 7.39. The molecule has 1 saturated carbocycles. The second kappa shape index (κ2) is 8.03. The van der Waals surface area contributed by atoms with Gasteiger partial charge in [0, 0.05) is 39.3 Å². The summed E-state index contributed by atoms with van der Waals surface area (Å²) in [6.45, 7) is 0.663. The summed E-state index contributed by atoms with van der Waals surface area (Å²) in [7, 11) is 5.56. The number of hydrogen-bond donors (Lipinski definition) is 1. The lowest BCUT2D eigenvalue weighted by atomic mass is 9.93. The Morgan fingerprint density at radius 2 is 1.76 bits per heavy atom. The Labute approximate surface area is 105 Å². The summed E-state index contributed by atoms with van der Waals surface area (Å²) in [5.74, 6) is 0. The fourth-order valence-electron chi connectivity index (χ4n) is 2.73. The molecule has 0 aromatic heterocycles. The van der Waals surface area contributed by atoms with Gasteiger partial charge in [0.2, 0.25) is 0 Å². The molecule has 1 rings (SSSR count). The molecular formula is C13H28N2O2. The minimum absolute atomic E-state index is 0.144. The first-order chi connectivity index (χ1) is 8.22. The SMILES string of the molecule is COC(CC(CN)N(C)C1CCCCC1)OC. The largest absolute Gasteiger partial charge is 0.356 e. The number of likely N-dealkylation sites (N-methyl/N-ethyl adjacent to an activating group) is 1. The zero-order valence-corrected chi connectivity index (χ0v) is 11.5. The van der Waals surface area contributed by atoms with Gasteiger partial charge in [-0.1, -0.05) is 19.3 Å². The van der Waals surface area contributed by atoms with Crippen LogP contribution in [0.25, 0.3) is 0 Å². The highest BCUT2D eigenvalue weighted by atomic mass is 16.7. The van der Waals surface area contributed by atoms with Gasteiger partial charge in [-0.05, 0) is 19.9 Å². The van der Waals surface area contributed by atoms with E-state index in [0.29, 0.717) is 18.6 Å². The Morgan fingerprint density at radius 3 is 2.24 bits per heavy atom. The second-order valence-electron chi connectivity index (χ2n) is 4.98. The van der Waals surface area contributed by atoms with E-state index in [0.717, 1.165) is 6.42 Å². The van der Waals surface area contributed by atoms with Gasteiger partial charge >= 0.3 is 0 Å². The number of methoxy groups -OCH3 is 2. The predicted octanol–water partition coefficient (Wildman–Crippen LogP) is 1.59. The molecule has 1 aliphatic carbocycles. The van der Waals surface area contributed by atoms with Crippen molar-refractivity contribution in [3.8, 4) is 0 Å². The first-order valence-corrected chi connectivity index (χ1v) is 6.70. The normalized spacial score (nSPS) is 20.1. The third-order valence-electron chi connectivity index (χ3n) is 3.99.